The molecule has 0 bridgehead atoms. The van der Waals surface area contributed by atoms with Gasteiger partial charge in [-0.1, -0.05) is 6.07 Å². The molecule has 2 N–H and O–H groups in total. The van der Waals surface area contributed by atoms with Gasteiger partial charge >= 0.3 is 0 Å². The van der Waals surface area contributed by atoms with Crippen LogP contribution >= 0.6 is 0 Å². The van der Waals surface area contributed by atoms with Crippen LogP contribution in [0.2, 0.25) is 0 Å². The summed E-state index contributed by atoms with van der Waals surface area (Å²) in [6.07, 6.45) is 4.30. The maximum absolute atomic E-state index is 13.8. The largest absolute Gasteiger partial charge is 0.396 e. The highest BCUT2D eigenvalue weighted by Gasteiger charge is 2.22. The quantitative estimate of drug-likeness (QED) is 0.938. The molecule has 1 aliphatic heterocycles. The van der Waals surface area contributed by atoms with Gasteiger partial charge in [0, 0.05) is 24.8 Å². The number of halogens is 2. The molecular weight excluding hydrogens is 296 g/mol. The summed E-state index contributed by atoms with van der Waals surface area (Å²) in [5.74, 6) is -0.554. The molecule has 122 valence electrons. The number of hydrogen-bond donors (Lipinski definition) is 1. The van der Waals surface area contributed by atoms with Gasteiger partial charge in [-0.15, -0.1) is 0 Å². The zero-order valence-corrected chi connectivity index (χ0v) is 13.2. The van der Waals surface area contributed by atoms with E-state index in [1.165, 1.54) is 6.07 Å². The molecule has 1 fully saturated rings. The Kier molecular flexibility index (Phi) is 4.46. The van der Waals surface area contributed by atoms with Gasteiger partial charge in [0.2, 0.25) is 0 Å². The lowest BCUT2D eigenvalue weighted by Gasteiger charge is -2.34. The van der Waals surface area contributed by atoms with Gasteiger partial charge in [0.15, 0.2) is 0 Å². The Morgan fingerprint density at radius 3 is 2.65 bits per heavy atom. The predicted octanol–water partition coefficient (Wildman–Crippen LogP) is 3.71. The highest BCUT2D eigenvalue weighted by atomic mass is 19.1. The highest BCUT2D eigenvalue weighted by Crippen LogP contribution is 2.30. The van der Waals surface area contributed by atoms with E-state index in [1.54, 1.807) is 12.3 Å². The van der Waals surface area contributed by atoms with Crippen LogP contribution in [0.5, 0.6) is 0 Å². The first-order valence-electron chi connectivity index (χ1n) is 7.94. The fraction of sp³-hybridized carbons (Fsp3) is 0.389. The van der Waals surface area contributed by atoms with Crippen molar-refractivity contribution >= 4 is 11.4 Å². The van der Waals surface area contributed by atoms with Crippen LogP contribution in [0.1, 0.15) is 24.1 Å². The topological polar surface area (TPSA) is 42.1 Å². The van der Waals surface area contributed by atoms with Gasteiger partial charge in [-0.2, -0.15) is 0 Å². The summed E-state index contributed by atoms with van der Waals surface area (Å²) >= 11 is 0. The lowest BCUT2D eigenvalue weighted by molar-refractivity contribution is 0.397. The van der Waals surface area contributed by atoms with E-state index >= 15 is 0 Å². The number of hydrogen-bond acceptors (Lipinski definition) is 3. The molecule has 1 aromatic heterocycles. The van der Waals surface area contributed by atoms with Crippen LogP contribution in [0.15, 0.2) is 30.5 Å². The first-order chi connectivity index (χ1) is 11.0. The van der Waals surface area contributed by atoms with Crippen LogP contribution < -0.4 is 10.6 Å². The monoisotopic (exact) mass is 317 g/mol. The van der Waals surface area contributed by atoms with E-state index in [1.807, 2.05) is 13.0 Å². The number of pyridine rings is 1. The molecule has 0 radical (unpaired) electrons. The number of nitrogens with zero attached hydrogens (tertiary/aromatic N) is 2. The normalized spacial score (nSPS) is 15.9. The number of rotatable bonds is 3. The summed E-state index contributed by atoms with van der Waals surface area (Å²) in [5.41, 5.74) is 9.30. The number of benzene rings is 1. The zero-order valence-electron chi connectivity index (χ0n) is 13.2. The van der Waals surface area contributed by atoms with Gasteiger partial charge in [0.1, 0.15) is 11.6 Å². The second kappa shape index (κ2) is 6.52. The third-order valence-electron chi connectivity index (χ3n) is 4.53. The van der Waals surface area contributed by atoms with Crippen LogP contribution in [0.3, 0.4) is 0 Å². The summed E-state index contributed by atoms with van der Waals surface area (Å²) in [6.45, 7) is 3.73. The van der Waals surface area contributed by atoms with Crippen molar-refractivity contribution in [2.24, 2.45) is 5.92 Å². The Morgan fingerprint density at radius 1 is 1.22 bits per heavy atom. The van der Waals surface area contributed by atoms with Crippen LogP contribution in [0.25, 0.3) is 0 Å². The van der Waals surface area contributed by atoms with Crippen molar-refractivity contribution in [3.63, 3.8) is 0 Å². The molecule has 0 unspecified atom stereocenters. The van der Waals surface area contributed by atoms with Gasteiger partial charge < -0.3 is 10.6 Å². The molecule has 0 aliphatic carbocycles. The predicted molar refractivity (Wildman–Crippen MR) is 88.4 cm³/mol. The second-order valence-corrected chi connectivity index (χ2v) is 6.25. The average molecular weight is 317 g/mol. The SMILES string of the molecule is Cc1cc(N2CCC(Cc3ccc(F)cc3F)CC2)c(N)cn1. The van der Waals surface area contributed by atoms with Crippen molar-refractivity contribution in [1.29, 1.82) is 0 Å². The van der Waals surface area contributed by atoms with Gasteiger partial charge in [-0.3, -0.25) is 4.98 Å². The Hall–Kier alpha value is -2.17. The summed E-state index contributed by atoms with van der Waals surface area (Å²) in [6, 6.07) is 5.86. The highest BCUT2D eigenvalue weighted by molar-refractivity contribution is 5.67. The Bertz CT molecular complexity index is 695. The van der Waals surface area contributed by atoms with Crippen LogP contribution in [-0.2, 0) is 6.42 Å². The molecule has 2 heterocycles. The molecular formula is C18H21F2N3. The van der Waals surface area contributed by atoms with Gasteiger partial charge in [-0.25, -0.2) is 8.78 Å². The van der Waals surface area contributed by atoms with Gasteiger partial charge in [0.05, 0.1) is 17.6 Å². The smallest absolute Gasteiger partial charge is 0.129 e. The molecule has 23 heavy (non-hydrogen) atoms. The first-order valence-corrected chi connectivity index (χ1v) is 7.94. The standard InChI is InChI=1S/C18H21F2N3/c1-12-8-18(17(21)11-22-12)23-6-4-13(5-7-23)9-14-2-3-15(19)10-16(14)20/h2-3,8,10-11,13H,4-7,9,21H2,1H3. The molecule has 0 spiro atoms. The second-order valence-electron chi connectivity index (χ2n) is 6.25. The van der Waals surface area contributed by atoms with Gasteiger partial charge in [-0.05, 0) is 49.8 Å². The fourth-order valence-electron chi connectivity index (χ4n) is 3.21. The third-order valence-corrected chi connectivity index (χ3v) is 4.53. The molecule has 3 rings (SSSR count). The molecule has 0 atom stereocenters. The molecule has 0 amide bonds. The van der Waals surface area contributed by atoms with Crippen molar-refractivity contribution in [2.75, 3.05) is 23.7 Å². The molecule has 0 saturated carbocycles. The van der Waals surface area contributed by atoms with Crippen LogP contribution in [0.4, 0.5) is 20.2 Å². The zero-order chi connectivity index (χ0) is 16.4. The molecule has 1 aliphatic rings. The van der Waals surface area contributed by atoms with E-state index in [0.29, 0.717) is 23.6 Å². The number of aryl methyl sites for hydroxylation is 1. The summed E-state index contributed by atoms with van der Waals surface area (Å²) in [4.78, 5) is 6.46. The fourth-order valence-corrected chi connectivity index (χ4v) is 3.21. The molecule has 1 aromatic carbocycles. The maximum Gasteiger partial charge on any atom is 0.129 e. The minimum Gasteiger partial charge on any atom is -0.396 e. The molecule has 2 aromatic rings. The van der Waals surface area contributed by atoms with E-state index in [2.05, 4.69) is 9.88 Å². The average Bonchev–Trinajstić information content (AvgIpc) is 2.53. The Morgan fingerprint density at radius 2 is 1.96 bits per heavy atom. The summed E-state index contributed by atoms with van der Waals surface area (Å²) < 4.78 is 26.7. The van der Waals surface area contributed by atoms with E-state index in [4.69, 9.17) is 5.73 Å². The third kappa shape index (κ3) is 3.60. The summed E-state index contributed by atoms with van der Waals surface area (Å²) in [7, 11) is 0. The van der Waals surface area contributed by atoms with Crippen molar-refractivity contribution in [3.05, 3.63) is 53.4 Å². The van der Waals surface area contributed by atoms with Crippen molar-refractivity contribution in [1.82, 2.24) is 4.98 Å². The Balaban J connectivity index is 1.63. The van der Waals surface area contributed by atoms with E-state index in [0.717, 1.165) is 43.4 Å². The van der Waals surface area contributed by atoms with Crippen molar-refractivity contribution < 1.29 is 8.78 Å². The molecule has 3 nitrogen and oxygen atoms in total. The molecule has 1 saturated heterocycles. The lowest BCUT2D eigenvalue weighted by Crippen LogP contribution is -2.35. The van der Waals surface area contributed by atoms with Crippen LogP contribution in [0, 0.1) is 24.5 Å². The Labute approximate surface area is 135 Å². The number of nitrogen functional groups attached to an aromatic ring is 1. The van der Waals surface area contributed by atoms with Crippen molar-refractivity contribution in [2.45, 2.75) is 26.2 Å². The first kappa shape index (κ1) is 15.7. The number of piperidine rings is 1. The lowest BCUT2D eigenvalue weighted by atomic mass is 9.89. The minimum absolute atomic E-state index is 0.412. The number of nitrogens with two attached hydrogens (primary N) is 1. The van der Waals surface area contributed by atoms with Crippen LogP contribution in [-0.4, -0.2) is 18.1 Å². The van der Waals surface area contributed by atoms with E-state index < -0.39 is 11.6 Å². The van der Waals surface area contributed by atoms with E-state index in [9.17, 15) is 8.78 Å². The minimum atomic E-state index is -0.524. The number of anilines is 2. The summed E-state index contributed by atoms with van der Waals surface area (Å²) in [5, 5.41) is 0. The number of aromatic nitrogens is 1. The van der Waals surface area contributed by atoms with Crippen molar-refractivity contribution in [3.8, 4) is 0 Å². The van der Waals surface area contributed by atoms with Gasteiger partial charge in [0.25, 0.3) is 0 Å². The maximum atomic E-state index is 13.8. The molecule has 5 heteroatoms. The van der Waals surface area contributed by atoms with E-state index in [-0.39, 0.29) is 0 Å².